The van der Waals surface area contributed by atoms with Gasteiger partial charge >= 0.3 is 0 Å². The van der Waals surface area contributed by atoms with Crippen molar-refractivity contribution in [3.63, 3.8) is 0 Å². The van der Waals surface area contributed by atoms with Crippen LogP contribution in [0, 0.1) is 5.92 Å². The second kappa shape index (κ2) is 3.54. The highest BCUT2D eigenvalue weighted by molar-refractivity contribution is 6.24. The van der Waals surface area contributed by atoms with Crippen molar-refractivity contribution in [2.24, 2.45) is 5.92 Å². The minimum absolute atomic E-state index is 0.0435. The van der Waals surface area contributed by atoms with Gasteiger partial charge < -0.3 is 5.32 Å². The predicted molar refractivity (Wildman–Crippen MR) is 68.8 cm³/mol. The first kappa shape index (κ1) is 10.5. The first-order valence-electron chi connectivity index (χ1n) is 6.29. The Morgan fingerprint density at radius 2 is 2.00 bits per heavy atom. The monoisotopic (exact) mass is 253 g/mol. The number of aromatic amines is 1. The van der Waals surface area contributed by atoms with Gasteiger partial charge in [-0.1, -0.05) is 24.3 Å². The molecule has 1 aromatic heterocycles. The third-order valence-electron chi connectivity index (χ3n) is 3.62. The Morgan fingerprint density at radius 1 is 1.26 bits per heavy atom. The van der Waals surface area contributed by atoms with Gasteiger partial charge in [0.15, 0.2) is 11.6 Å². The molecule has 1 heterocycles. The fourth-order valence-electron chi connectivity index (χ4n) is 2.45. The Bertz CT molecular complexity index is 713. The van der Waals surface area contributed by atoms with Crippen LogP contribution in [0.5, 0.6) is 0 Å². The van der Waals surface area contributed by atoms with Crippen molar-refractivity contribution >= 4 is 17.5 Å². The Labute approximate surface area is 109 Å². The Balaban J connectivity index is 1.77. The van der Waals surface area contributed by atoms with E-state index in [4.69, 9.17) is 0 Å². The Morgan fingerprint density at radius 3 is 2.74 bits per heavy atom. The van der Waals surface area contributed by atoms with E-state index < -0.39 is 0 Å². The number of ketones is 1. The third-order valence-corrected chi connectivity index (χ3v) is 3.62. The van der Waals surface area contributed by atoms with E-state index in [1.54, 1.807) is 6.07 Å². The average molecular weight is 253 g/mol. The normalized spacial score (nSPS) is 16.1. The molecule has 5 heteroatoms. The van der Waals surface area contributed by atoms with Gasteiger partial charge in [0.1, 0.15) is 0 Å². The van der Waals surface area contributed by atoms with Crippen LogP contribution < -0.4 is 5.32 Å². The molecule has 0 atom stereocenters. The summed E-state index contributed by atoms with van der Waals surface area (Å²) < 4.78 is 0. The summed E-state index contributed by atoms with van der Waals surface area (Å²) in [5.74, 6) is 0.322. The molecular formula is C14H11N3O2. The van der Waals surface area contributed by atoms with Crippen LogP contribution >= 0.6 is 0 Å². The maximum atomic E-state index is 12.3. The highest BCUT2D eigenvalue weighted by atomic mass is 16.2. The van der Waals surface area contributed by atoms with Crippen molar-refractivity contribution in [2.45, 2.75) is 12.8 Å². The molecule has 0 spiro atoms. The van der Waals surface area contributed by atoms with Crippen LogP contribution in [-0.2, 0) is 4.79 Å². The van der Waals surface area contributed by atoms with Gasteiger partial charge in [0.2, 0.25) is 5.91 Å². The number of fused-ring (bicyclic) bond motifs is 3. The molecule has 0 saturated heterocycles. The number of H-pyrrole nitrogens is 1. The van der Waals surface area contributed by atoms with Gasteiger partial charge in [-0.2, -0.15) is 5.10 Å². The van der Waals surface area contributed by atoms with Gasteiger partial charge in [-0.15, -0.1) is 0 Å². The van der Waals surface area contributed by atoms with E-state index in [-0.39, 0.29) is 17.6 Å². The van der Waals surface area contributed by atoms with Gasteiger partial charge in [-0.3, -0.25) is 14.7 Å². The molecule has 2 aliphatic carbocycles. The molecule has 2 aliphatic rings. The van der Waals surface area contributed by atoms with Gasteiger partial charge in [-0.25, -0.2) is 0 Å². The van der Waals surface area contributed by atoms with Crippen molar-refractivity contribution in [1.29, 1.82) is 0 Å². The summed E-state index contributed by atoms with van der Waals surface area (Å²) in [5, 5.41) is 9.66. The minimum Gasteiger partial charge on any atom is -0.308 e. The molecule has 1 aromatic carbocycles. The third kappa shape index (κ3) is 1.44. The molecule has 1 amide bonds. The smallest absolute Gasteiger partial charge is 0.228 e. The van der Waals surface area contributed by atoms with Gasteiger partial charge in [0, 0.05) is 17.0 Å². The van der Waals surface area contributed by atoms with E-state index in [1.165, 1.54) is 0 Å². The van der Waals surface area contributed by atoms with Gasteiger partial charge in [0.05, 0.1) is 11.3 Å². The summed E-state index contributed by atoms with van der Waals surface area (Å²) in [6.07, 6.45) is 1.85. The number of rotatable bonds is 2. The lowest BCUT2D eigenvalue weighted by Crippen LogP contribution is -2.15. The van der Waals surface area contributed by atoms with Crippen molar-refractivity contribution < 1.29 is 9.59 Å². The summed E-state index contributed by atoms with van der Waals surface area (Å²) in [6, 6.07) is 7.38. The molecule has 5 nitrogen and oxygen atoms in total. The zero-order chi connectivity index (χ0) is 13.0. The topological polar surface area (TPSA) is 74.8 Å². The van der Waals surface area contributed by atoms with E-state index in [2.05, 4.69) is 15.5 Å². The molecule has 0 radical (unpaired) electrons. The maximum Gasteiger partial charge on any atom is 0.228 e. The summed E-state index contributed by atoms with van der Waals surface area (Å²) >= 11 is 0. The lowest BCUT2D eigenvalue weighted by atomic mass is 10.1. The van der Waals surface area contributed by atoms with E-state index in [1.807, 2.05) is 18.2 Å². The number of nitrogens with zero attached hydrogens (tertiary/aromatic N) is 1. The molecule has 1 fully saturated rings. The fourth-order valence-corrected chi connectivity index (χ4v) is 2.45. The van der Waals surface area contributed by atoms with E-state index in [0.717, 1.165) is 18.4 Å². The Hall–Kier alpha value is -2.43. The van der Waals surface area contributed by atoms with Crippen LogP contribution in [0.3, 0.4) is 0 Å². The number of amides is 1. The van der Waals surface area contributed by atoms with E-state index >= 15 is 0 Å². The van der Waals surface area contributed by atoms with Crippen LogP contribution in [0.25, 0.3) is 11.3 Å². The number of anilines is 1. The van der Waals surface area contributed by atoms with Gasteiger partial charge in [-0.05, 0) is 12.8 Å². The van der Waals surface area contributed by atoms with Crippen molar-refractivity contribution in [2.75, 3.05) is 5.32 Å². The molecule has 2 N–H and O–H groups in total. The molecule has 0 bridgehead atoms. The van der Waals surface area contributed by atoms with Crippen LogP contribution in [0.15, 0.2) is 24.3 Å². The standard InChI is InChI=1S/C14H11N3O2/c18-12-9-4-2-1-3-8(9)11-10(12)13(17-16-11)15-14(19)7-5-6-7/h1-4,7H,5-6H2,(H2,15,16,17,19). The van der Waals surface area contributed by atoms with Crippen molar-refractivity contribution in [3.05, 3.63) is 35.4 Å². The van der Waals surface area contributed by atoms with Crippen LogP contribution in [0.1, 0.15) is 28.8 Å². The minimum atomic E-state index is -0.0783. The van der Waals surface area contributed by atoms with Crippen LogP contribution in [0.4, 0.5) is 5.82 Å². The summed E-state index contributed by atoms with van der Waals surface area (Å²) in [6.45, 7) is 0. The SMILES string of the molecule is O=C1c2ccccc2-c2[nH]nc(NC(=O)C3CC3)c21. The number of hydrogen-bond donors (Lipinski definition) is 2. The number of benzene rings is 1. The van der Waals surface area contributed by atoms with Crippen molar-refractivity contribution in [3.8, 4) is 11.3 Å². The number of aromatic nitrogens is 2. The van der Waals surface area contributed by atoms with Crippen molar-refractivity contribution in [1.82, 2.24) is 10.2 Å². The number of carbonyl (C=O) groups is 2. The van der Waals surface area contributed by atoms with E-state index in [9.17, 15) is 9.59 Å². The molecular weight excluding hydrogens is 242 g/mol. The molecule has 2 aromatic rings. The first-order chi connectivity index (χ1) is 9.25. The largest absolute Gasteiger partial charge is 0.308 e. The second-order valence-electron chi connectivity index (χ2n) is 4.96. The lowest BCUT2D eigenvalue weighted by Gasteiger charge is -2.01. The summed E-state index contributed by atoms with van der Waals surface area (Å²) in [7, 11) is 0. The molecule has 19 heavy (non-hydrogen) atoms. The molecule has 1 saturated carbocycles. The van der Waals surface area contributed by atoms with Gasteiger partial charge in [0.25, 0.3) is 0 Å². The number of hydrogen-bond acceptors (Lipinski definition) is 3. The highest BCUT2D eigenvalue weighted by Gasteiger charge is 2.35. The summed E-state index contributed by atoms with van der Waals surface area (Å²) in [4.78, 5) is 24.1. The lowest BCUT2D eigenvalue weighted by molar-refractivity contribution is -0.117. The molecule has 94 valence electrons. The number of carbonyl (C=O) groups excluding carboxylic acids is 2. The molecule has 4 rings (SSSR count). The highest BCUT2D eigenvalue weighted by Crippen LogP contribution is 2.39. The fraction of sp³-hybridized carbons (Fsp3) is 0.214. The second-order valence-corrected chi connectivity index (χ2v) is 4.96. The predicted octanol–water partition coefficient (Wildman–Crippen LogP) is 1.97. The zero-order valence-electron chi connectivity index (χ0n) is 10.1. The van der Waals surface area contributed by atoms with Crippen LogP contribution in [0.2, 0.25) is 0 Å². The molecule has 0 aliphatic heterocycles. The molecule has 0 unspecified atom stereocenters. The number of nitrogens with one attached hydrogen (secondary N) is 2. The summed E-state index contributed by atoms with van der Waals surface area (Å²) in [5.41, 5.74) is 2.69. The average Bonchev–Trinajstić information content (AvgIpc) is 3.14. The zero-order valence-corrected chi connectivity index (χ0v) is 10.1. The maximum absolute atomic E-state index is 12.3. The Kier molecular flexibility index (Phi) is 1.95. The van der Waals surface area contributed by atoms with E-state index in [0.29, 0.717) is 22.6 Å². The van der Waals surface area contributed by atoms with Crippen LogP contribution in [-0.4, -0.2) is 21.9 Å². The quantitative estimate of drug-likeness (QED) is 0.733. The first-order valence-corrected chi connectivity index (χ1v) is 6.29.